The fourth-order valence-corrected chi connectivity index (χ4v) is 3.24. The molecular weight excluding hydrogens is 366 g/mol. The summed E-state index contributed by atoms with van der Waals surface area (Å²) in [6, 6.07) is 14.2. The maximum Gasteiger partial charge on any atom is 0.255 e. The summed E-state index contributed by atoms with van der Waals surface area (Å²) in [4.78, 5) is 38.8. The van der Waals surface area contributed by atoms with E-state index in [1.807, 2.05) is 30.9 Å². The lowest BCUT2D eigenvalue weighted by molar-refractivity contribution is -0.128. The highest BCUT2D eigenvalue weighted by Crippen LogP contribution is 2.18. The van der Waals surface area contributed by atoms with Crippen molar-refractivity contribution in [1.29, 1.82) is 0 Å². The van der Waals surface area contributed by atoms with E-state index in [0.717, 1.165) is 24.9 Å². The third kappa shape index (κ3) is 5.22. The molecule has 0 spiro atoms. The van der Waals surface area contributed by atoms with E-state index < -0.39 is 0 Å². The van der Waals surface area contributed by atoms with Gasteiger partial charge in [-0.3, -0.25) is 14.4 Å². The van der Waals surface area contributed by atoms with E-state index >= 15 is 0 Å². The normalized spacial score (nSPS) is 14.6. The van der Waals surface area contributed by atoms with Gasteiger partial charge in [-0.25, -0.2) is 0 Å². The maximum atomic E-state index is 12.7. The summed E-state index contributed by atoms with van der Waals surface area (Å²) in [5.41, 5.74) is 2.40. The summed E-state index contributed by atoms with van der Waals surface area (Å²) >= 11 is 0. The minimum absolute atomic E-state index is 0.0568. The van der Waals surface area contributed by atoms with Gasteiger partial charge in [-0.1, -0.05) is 31.2 Å². The van der Waals surface area contributed by atoms with E-state index in [0.29, 0.717) is 29.8 Å². The molecule has 3 rings (SSSR count). The number of likely N-dealkylation sites (tertiary alicyclic amines) is 1. The van der Waals surface area contributed by atoms with Gasteiger partial charge in [0.15, 0.2) is 0 Å². The molecule has 1 saturated heterocycles. The average Bonchev–Trinajstić information content (AvgIpc) is 3.13. The quantitative estimate of drug-likeness (QED) is 0.755. The van der Waals surface area contributed by atoms with Gasteiger partial charge in [-0.15, -0.1) is 0 Å². The number of carbonyl (C=O) groups is 3. The van der Waals surface area contributed by atoms with Crippen molar-refractivity contribution >= 4 is 23.4 Å². The zero-order valence-corrected chi connectivity index (χ0v) is 16.9. The molecule has 29 heavy (non-hydrogen) atoms. The van der Waals surface area contributed by atoms with Crippen molar-refractivity contribution in [2.75, 3.05) is 11.9 Å². The molecule has 2 N–H and O–H groups in total. The minimum Gasteiger partial charge on any atom is -0.350 e. The van der Waals surface area contributed by atoms with Gasteiger partial charge in [0.2, 0.25) is 5.91 Å². The molecule has 0 bridgehead atoms. The highest BCUT2D eigenvalue weighted by molar-refractivity contribution is 6.09. The van der Waals surface area contributed by atoms with Crippen LogP contribution in [0.3, 0.4) is 0 Å². The number of anilines is 1. The van der Waals surface area contributed by atoms with Gasteiger partial charge in [-0.05, 0) is 49.6 Å². The number of nitrogens with one attached hydrogen (secondary N) is 2. The number of amides is 3. The molecule has 1 fully saturated rings. The van der Waals surface area contributed by atoms with Gasteiger partial charge >= 0.3 is 0 Å². The Morgan fingerprint density at radius 3 is 2.45 bits per heavy atom. The molecule has 2 aromatic rings. The Labute approximate surface area is 171 Å². The van der Waals surface area contributed by atoms with Crippen molar-refractivity contribution in [3.8, 4) is 0 Å². The predicted molar refractivity (Wildman–Crippen MR) is 113 cm³/mol. The first-order valence-electron chi connectivity index (χ1n) is 10.1. The molecule has 1 heterocycles. The summed E-state index contributed by atoms with van der Waals surface area (Å²) in [6.45, 7) is 5.30. The largest absolute Gasteiger partial charge is 0.350 e. The molecule has 1 atom stereocenters. The minimum atomic E-state index is -0.280. The fraction of sp³-hybridized carbons (Fsp3) is 0.348. The van der Waals surface area contributed by atoms with Crippen molar-refractivity contribution in [2.24, 2.45) is 0 Å². The van der Waals surface area contributed by atoms with E-state index in [9.17, 15) is 14.4 Å². The maximum absolute atomic E-state index is 12.7. The average molecular weight is 393 g/mol. The van der Waals surface area contributed by atoms with Crippen LogP contribution in [-0.4, -0.2) is 35.2 Å². The molecule has 0 radical (unpaired) electrons. The molecule has 152 valence electrons. The predicted octanol–water partition coefficient (Wildman–Crippen LogP) is 3.59. The van der Waals surface area contributed by atoms with Gasteiger partial charge in [-0.2, -0.15) is 0 Å². The summed E-state index contributed by atoms with van der Waals surface area (Å²) in [7, 11) is 0. The number of benzene rings is 2. The van der Waals surface area contributed by atoms with Crippen molar-refractivity contribution in [3.63, 3.8) is 0 Å². The van der Waals surface area contributed by atoms with Crippen LogP contribution in [-0.2, 0) is 11.3 Å². The van der Waals surface area contributed by atoms with E-state index in [1.165, 1.54) is 0 Å². The summed E-state index contributed by atoms with van der Waals surface area (Å²) in [5, 5.41) is 5.76. The molecule has 1 aliphatic rings. The Morgan fingerprint density at radius 1 is 1.07 bits per heavy atom. The number of nitrogens with zero attached hydrogens (tertiary/aromatic N) is 1. The summed E-state index contributed by atoms with van der Waals surface area (Å²) in [6.07, 6.45) is 2.35. The molecule has 0 aromatic heterocycles. The Bertz CT molecular complexity index is 892. The van der Waals surface area contributed by atoms with Gasteiger partial charge in [0.05, 0.1) is 11.3 Å². The second-order valence-electron chi connectivity index (χ2n) is 7.40. The highest BCUT2D eigenvalue weighted by atomic mass is 16.2. The molecule has 1 unspecified atom stereocenters. The van der Waals surface area contributed by atoms with Crippen molar-refractivity contribution in [1.82, 2.24) is 10.2 Å². The summed E-state index contributed by atoms with van der Waals surface area (Å²) < 4.78 is 0. The molecule has 3 amide bonds. The monoisotopic (exact) mass is 393 g/mol. The van der Waals surface area contributed by atoms with Crippen LogP contribution in [0.25, 0.3) is 0 Å². The summed E-state index contributed by atoms with van der Waals surface area (Å²) in [5.74, 6) is -0.308. The van der Waals surface area contributed by atoms with E-state index in [-0.39, 0.29) is 23.8 Å². The fourth-order valence-electron chi connectivity index (χ4n) is 3.24. The second-order valence-corrected chi connectivity index (χ2v) is 7.40. The lowest BCUT2D eigenvalue weighted by Gasteiger charge is -2.16. The molecule has 6 heteroatoms. The van der Waals surface area contributed by atoms with Crippen molar-refractivity contribution in [3.05, 3.63) is 65.2 Å². The van der Waals surface area contributed by atoms with Crippen LogP contribution in [0.15, 0.2) is 48.5 Å². The van der Waals surface area contributed by atoms with Gasteiger partial charge < -0.3 is 15.5 Å². The van der Waals surface area contributed by atoms with Crippen LogP contribution >= 0.6 is 0 Å². The van der Waals surface area contributed by atoms with Crippen molar-refractivity contribution < 1.29 is 14.4 Å². The molecule has 0 aliphatic carbocycles. The standard InChI is InChI=1S/C23H27N3O3/c1-3-16(2)24-23(29)19-7-4-5-8-20(19)25-22(28)18-12-10-17(11-13-18)15-26-14-6-9-21(26)27/h4-5,7-8,10-13,16H,3,6,9,14-15H2,1-2H3,(H,24,29)(H,25,28). The second kappa shape index (κ2) is 9.37. The first-order chi connectivity index (χ1) is 14.0. The van der Waals surface area contributed by atoms with E-state index in [1.54, 1.807) is 36.4 Å². The molecular formula is C23H27N3O3. The first kappa shape index (κ1) is 20.6. The zero-order chi connectivity index (χ0) is 20.8. The smallest absolute Gasteiger partial charge is 0.255 e. The van der Waals surface area contributed by atoms with E-state index in [2.05, 4.69) is 10.6 Å². The van der Waals surface area contributed by atoms with Crippen LogP contribution < -0.4 is 10.6 Å². The third-order valence-electron chi connectivity index (χ3n) is 5.17. The van der Waals surface area contributed by atoms with Gasteiger partial charge in [0, 0.05) is 31.1 Å². The van der Waals surface area contributed by atoms with Crippen LogP contribution in [0.1, 0.15) is 59.4 Å². The van der Waals surface area contributed by atoms with Crippen LogP contribution in [0.5, 0.6) is 0 Å². The Morgan fingerprint density at radius 2 is 1.79 bits per heavy atom. The van der Waals surface area contributed by atoms with Gasteiger partial charge in [0.1, 0.15) is 0 Å². The molecule has 2 aromatic carbocycles. The molecule has 0 saturated carbocycles. The number of hydrogen-bond acceptors (Lipinski definition) is 3. The van der Waals surface area contributed by atoms with E-state index in [4.69, 9.17) is 0 Å². The first-order valence-corrected chi connectivity index (χ1v) is 10.1. The molecule has 1 aliphatic heterocycles. The van der Waals surface area contributed by atoms with Gasteiger partial charge in [0.25, 0.3) is 11.8 Å². The zero-order valence-electron chi connectivity index (χ0n) is 16.9. The lowest BCUT2D eigenvalue weighted by Crippen LogP contribution is -2.32. The SMILES string of the molecule is CCC(C)NC(=O)c1ccccc1NC(=O)c1ccc(CN2CCCC2=O)cc1. The topological polar surface area (TPSA) is 78.5 Å². The Balaban J connectivity index is 1.67. The Kier molecular flexibility index (Phi) is 6.65. The van der Waals surface area contributed by atoms with Crippen LogP contribution in [0, 0.1) is 0 Å². The third-order valence-corrected chi connectivity index (χ3v) is 5.17. The van der Waals surface area contributed by atoms with Crippen LogP contribution in [0.4, 0.5) is 5.69 Å². The highest BCUT2D eigenvalue weighted by Gasteiger charge is 2.20. The number of hydrogen-bond donors (Lipinski definition) is 2. The number of rotatable bonds is 7. The lowest BCUT2D eigenvalue weighted by atomic mass is 10.1. The van der Waals surface area contributed by atoms with Crippen LogP contribution in [0.2, 0.25) is 0 Å². The molecule has 6 nitrogen and oxygen atoms in total. The Hall–Kier alpha value is -3.15. The number of carbonyl (C=O) groups excluding carboxylic acids is 3. The van der Waals surface area contributed by atoms with Crippen molar-refractivity contribution in [2.45, 2.75) is 45.7 Å². The number of para-hydroxylation sites is 1.